The summed E-state index contributed by atoms with van der Waals surface area (Å²) in [5, 5.41) is 11.2. The van der Waals surface area contributed by atoms with Gasteiger partial charge in [0.15, 0.2) is 5.03 Å². The first-order chi connectivity index (χ1) is 16.5. The third kappa shape index (κ3) is 4.90. The standard InChI is InChI=1S/C27H32N2O5S/c1-5-34-24(31)17-29-18(2)21(25-22(29)15-27(3,4)16-23(25)30)14-19-10-9-13-28-26(19)35(32,33)20-11-7-6-8-12-20/h6-13,23,30H,5,14-17H2,1-4H3. The van der Waals surface area contributed by atoms with Crippen LogP contribution in [-0.2, 0) is 38.8 Å². The summed E-state index contributed by atoms with van der Waals surface area (Å²) in [5.74, 6) is -0.341. The Hall–Kier alpha value is -2.97. The van der Waals surface area contributed by atoms with Gasteiger partial charge in [-0.15, -0.1) is 0 Å². The van der Waals surface area contributed by atoms with Gasteiger partial charge in [-0.2, -0.15) is 0 Å². The number of aromatic nitrogens is 2. The van der Waals surface area contributed by atoms with Gasteiger partial charge in [-0.3, -0.25) is 4.79 Å². The summed E-state index contributed by atoms with van der Waals surface area (Å²) < 4.78 is 33.9. The molecule has 2 heterocycles. The van der Waals surface area contributed by atoms with Crippen LogP contribution >= 0.6 is 0 Å². The molecule has 4 rings (SSSR count). The Morgan fingerprint density at radius 2 is 1.91 bits per heavy atom. The van der Waals surface area contributed by atoms with Crippen LogP contribution < -0.4 is 0 Å². The number of ether oxygens (including phenoxy) is 1. The van der Waals surface area contributed by atoms with Crippen LogP contribution in [0.2, 0.25) is 0 Å². The maximum absolute atomic E-state index is 13.4. The van der Waals surface area contributed by atoms with E-state index in [0.29, 0.717) is 25.0 Å². The highest BCUT2D eigenvalue weighted by atomic mass is 32.2. The SMILES string of the molecule is CCOC(=O)Cn1c(C)c(Cc2cccnc2S(=O)(=O)c2ccccc2)c2c1CC(C)(C)CC2O. The molecule has 3 aromatic rings. The number of nitrogens with zero attached hydrogens (tertiary/aromatic N) is 2. The highest BCUT2D eigenvalue weighted by Crippen LogP contribution is 2.45. The molecule has 0 bridgehead atoms. The molecule has 0 spiro atoms. The smallest absolute Gasteiger partial charge is 0.325 e. The van der Waals surface area contributed by atoms with Gasteiger partial charge in [0, 0.05) is 29.6 Å². The van der Waals surface area contributed by atoms with Crippen molar-refractivity contribution in [1.82, 2.24) is 9.55 Å². The molecule has 0 saturated carbocycles. The number of carbonyl (C=O) groups excluding carboxylic acids is 1. The minimum Gasteiger partial charge on any atom is -0.465 e. The predicted molar refractivity (Wildman–Crippen MR) is 132 cm³/mol. The summed E-state index contributed by atoms with van der Waals surface area (Å²) in [6, 6.07) is 11.7. The van der Waals surface area contributed by atoms with Crippen LogP contribution in [0, 0.1) is 12.3 Å². The Labute approximate surface area is 206 Å². The second-order valence-corrected chi connectivity index (χ2v) is 11.7. The molecule has 1 atom stereocenters. The third-order valence-corrected chi connectivity index (χ3v) is 8.42. The minimum atomic E-state index is -3.83. The van der Waals surface area contributed by atoms with Crippen molar-refractivity contribution < 1.29 is 23.1 Å². The molecular weight excluding hydrogens is 464 g/mol. The Morgan fingerprint density at radius 1 is 1.20 bits per heavy atom. The molecule has 0 radical (unpaired) electrons. The molecule has 1 N–H and O–H groups in total. The molecule has 1 aromatic carbocycles. The number of rotatable bonds is 7. The van der Waals surface area contributed by atoms with Crippen molar-refractivity contribution in [3.05, 3.63) is 76.7 Å². The number of sulfone groups is 1. The molecule has 186 valence electrons. The summed E-state index contributed by atoms with van der Waals surface area (Å²) in [5.41, 5.74) is 3.77. The zero-order valence-corrected chi connectivity index (χ0v) is 21.4. The van der Waals surface area contributed by atoms with Crippen LogP contribution in [0.25, 0.3) is 0 Å². The summed E-state index contributed by atoms with van der Waals surface area (Å²) in [6.07, 6.45) is 2.32. The van der Waals surface area contributed by atoms with Crippen LogP contribution in [0.1, 0.15) is 61.4 Å². The van der Waals surface area contributed by atoms with Gasteiger partial charge in [-0.05, 0) is 61.4 Å². The van der Waals surface area contributed by atoms with Crippen molar-refractivity contribution in [3.8, 4) is 0 Å². The maximum Gasteiger partial charge on any atom is 0.325 e. The molecule has 2 aromatic heterocycles. The first kappa shape index (κ1) is 25.1. The lowest BCUT2D eigenvalue weighted by Crippen LogP contribution is -2.28. The molecule has 1 unspecified atom stereocenters. The fourth-order valence-corrected chi connectivity index (χ4v) is 6.51. The second kappa shape index (κ2) is 9.59. The lowest BCUT2D eigenvalue weighted by atomic mass is 9.74. The van der Waals surface area contributed by atoms with E-state index in [1.165, 1.54) is 6.20 Å². The average Bonchev–Trinajstić information content (AvgIpc) is 3.05. The molecule has 7 nitrogen and oxygen atoms in total. The summed E-state index contributed by atoms with van der Waals surface area (Å²) in [6.45, 7) is 8.22. The van der Waals surface area contributed by atoms with E-state index < -0.39 is 15.9 Å². The summed E-state index contributed by atoms with van der Waals surface area (Å²) in [7, 11) is -3.83. The molecule has 1 aliphatic rings. The predicted octanol–water partition coefficient (Wildman–Crippen LogP) is 4.18. The van der Waals surface area contributed by atoms with Crippen molar-refractivity contribution in [2.24, 2.45) is 5.41 Å². The van der Waals surface area contributed by atoms with Crippen molar-refractivity contribution in [2.75, 3.05) is 6.61 Å². The van der Waals surface area contributed by atoms with E-state index in [1.54, 1.807) is 49.4 Å². The fraction of sp³-hybridized carbons (Fsp3) is 0.407. The Balaban J connectivity index is 1.83. The van der Waals surface area contributed by atoms with Crippen LogP contribution in [-0.4, -0.2) is 35.7 Å². The molecule has 8 heteroatoms. The van der Waals surface area contributed by atoms with Gasteiger partial charge in [0.25, 0.3) is 0 Å². The topological polar surface area (TPSA) is 98.5 Å². The number of fused-ring (bicyclic) bond motifs is 1. The fourth-order valence-electron chi connectivity index (χ4n) is 5.09. The number of pyridine rings is 1. The maximum atomic E-state index is 13.4. The number of hydrogen-bond donors (Lipinski definition) is 1. The number of hydrogen-bond acceptors (Lipinski definition) is 6. The van der Waals surface area contributed by atoms with Crippen LogP contribution in [0.5, 0.6) is 0 Å². The number of esters is 1. The van der Waals surface area contributed by atoms with Crippen LogP contribution in [0.4, 0.5) is 0 Å². The van der Waals surface area contributed by atoms with E-state index in [2.05, 4.69) is 18.8 Å². The van der Waals surface area contributed by atoms with Gasteiger partial charge in [0.2, 0.25) is 9.84 Å². The first-order valence-corrected chi connectivity index (χ1v) is 13.3. The normalized spacial score (nSPS) is 17.1. The molecule has 35 heavy (non-hydrogen) atoms. The minimum absolute atomic E-state index is 0.00289. The van der Waals surface area contributed by atoms with Gasteiger partial charge in [0.05, 0.1) is 17.6 Å². The van der Waals surface area contributed by atoms with Gasteiger partial charge >= 0.3 is 5.97 Å². The van der Waals surface area contributed by atoms with Gasteiger partial charge in [-0.25, -0.2) is 13.4 Å². The zero-order valence-electron chi connectivity index (χ0n) is 20.6. The first-order valence-electron chi connectivity index (χ1n) is 11.8. The number of carbonyl (C=O) groups is 1. The lowest BCUT2D eigenvalue weighted by Gasteiger charge is -2.34. The van der Waals surface area contributed by atoms with Crippen LogP contribution in [0.3, 0.4) is 0 Å². The largest absolute Gasteiger partial charge is 0.465 e. The van der Waals surface area contributed by atoms with Crippen molar-refractivity contribution in [3.63, 3.8) is 0 Å². The molecule has 0 fully saturated rings. The molecule has 0 amide bonds. The molecule has 1 aliphatic carbocycles. The van der Waals surface area contributed by atoms with Gasteiger partial charge in [0.1, 0.15) is 6.54 Å². The number of aliphatic hydroxyl groups is 1. The second-order valence-electron chi connectivity index (χ2n) is 9.84. The van der Waals surface area contributed by atoms with E-state index in [9.17, 15) is 18.3 Å². The molecule has 0 aliphatic heterocycles. The van der Waals surface area contributed by atoms with Crippen molar-refractivity contribution >= 4 is 15.8 Å². The zero-order chi connectivity index (χ0) is 25.4. The highest BCUT2D eigenvalue weighted by Gasteiger charge is 2.37. The lowest BCUT2D eigenvalue weighted by molar-refractivity contribution is -0.143. The van der Waals surface area contributed by atoms with E-state index in [1.807, 2.05) is 11.5 Å². The van der Waals surface area contributed by atoms with Crippen LogP contribution in [0.15, 0.2) is 58.6 Å². The quantitative estimate of drug-likeness (QED) is 0.493. The Bertz CT molecular complexity index is 1340. The van der Waals surface area contributed by atoms with Crippen molar-refractivity contribution in [1.29, 1.82) is 0 Å². The third-order valence-electron chi connectivity index (χ3n) is 6.65. The summed E-state index contributed by atoms with van der Waals surface area (Å²) >= 11 is 0. The van der Waals surface area contributed by atoms with Gasteiger partial charge in [-0.1, -0.05) is 38.1 Å². The van der Waals surface area contributed by atoms with E-state index >= 15 is 0 Å². The van der Waals surface area contributed by atoms with Crippen molar-refractivity contribution in [2.45, 2.75) is 69.5 Å². The summed E-state index contributed by atoms with van der Waals surface area (Å²) in [4.78, 5) is 16.8. The van der Waals surface area contributed by atoms with E-state index in [4.69, 9.17) is 4.74 Å². The highest BCUT2D eigenvalue weighted by molar-refractivity contribution is 7.91. The molecule has 0 saturated heterocycles. The van der Waals surface area contributed by atoms with Gasteiger partial charge < -0.3 is 14.4 Å². The monoisotopic (exact) mass is 496 g/mol. The number of aliphatic hydroxyl groups excluding tert-OH is 1. The number of benzene rings is 1. The Morgan fingerprint density at radius 3 is 2.60 bits per heavy atom. The average molecular weight is 497 g/mol. The Kier molecular flexibility index (Phi) is 6.88. The van der Waals surface area contributed by atoms with E-state index in [-0.39, 0.29) is 34.3 Å². The van der Waals surface area contributed by atoms with E-state index in [0.717, 1.165) is 22.5 Å². The molecular formula is C27H32N2O5S.